The number of fused-ring (bicyclic) bond motifs is 1. The fraction of sp³-hybridized carbons (Fsp3) is 0.200. The second-order valence-corrected chi connectivity index (χ2v) is 9.64. The average Bonchev–Trinajstić information content (AvgIpc) is 3.20. The molecule has 6 nitrogen and oxygen atoms in total. The lowest BCUT2D eigenvalue weighted by molar-refractivity contribution is -0.137. The zero-order valence-electron chi connectivity index (χ0n) is 21.4. The van der Waals surface area contributed by atoms with E-state index in [1.165, 1.54) is 0 Å². The normalized spacial score (nSPS) is 13.7. The van der Waals surface area contributed by atoms with Crippen LogP contribution in [-0.4, -0.2) is 47.9 Å². The standard InChI is InChI=1S/C23H22ClN3O2.C7H5F3N/c24-20-9-6-18(7-10-20)22(28)26-12-3-13-27(15-14-26)23(29)25-21-11-8-17-4-1-2-5-19(17)16-21;8-7(9,10)5-1-3-6(11)4-2-5/h1-2,4-11,16H,3,12-15H2,(H,25,29);1-4,11H/q;-1. The highest BCUT2D eigenvalue weighted by Gasteiger charge is 2.29. The smallest absolute Gasteiger partial charge is 0.416 e. The molecule has 0 atom stereocenters. The third kappa shape index (κ3) is 7.66. The molecule has 1 fully saturated rings. The van der Waals surface area contributed by atoms with Crippen LogP contribution in [0.1, 0.15) is 22.3 Å². The Morgan fingerprint density at radius 1 is 0.775 bits per heavy atom. The third-order valence-corrected chi connectivity index (χ3v) is 6.63. The van der Waals surface area contributed by atoms with Crippen molar-refractivity contribution < 1.29 is 22.8 Å². The third-order valence-electron chi connectivity index (χ3n) is 6.37. The van der Waals surface area contributed by atoms with E-state index >= 15 is 0 Å². The molecular formula is C30H27ClF3N4O2-. The molecule has 0 spiro atoms. The van der Waals surface area contributed by atoms with Gasteiger partial charge in [0.05, 0.1) is 5.56 Å². The summed E-state index contributed by atoms with van der Waals surface area (Å²) >= 11 is 5.90. The van der Waals surface area contributed by atoms with E-state index in [0.717, 1.165) is 47.1 Å². The van der Waals surface area contributed by atoms with E-state index < -0.39 is 11.7 Å². The number of urea groups is 1. The zero-order chi connectivity index (χ0) is 28.7. The number of nitrogens with zero attached hydrogens (tertiary/aromatic N) is 2. The number of rotatable bonds is 2. The quantitative estimate of drug-likeness (QED) is 0.265. The summed E-state index contributed by atoms with van der Waals surface area (Å²) in [4.78, 5) is 29.0. The Morgan fingerprint density at radius 3 is 2.08 bits per heavy atom. The van der Waals surface area contributed by atoms with E-state index in [1.54, 1.807) is 34.1 Å². The molecule has 0 aliphatic carbocycles. The van der Waals surface area contributed by atoms with Gasteiger partial charge in [-0.05, 0) is 53.6 Å². The Morgan fingerprint density at radius 2 is 1.40 bits per heavy atom. The Kier molecular flexibility index (Phi) is 9.16. The van der Waals surface area contributed by atoms with Crippen molar-refractivity contribution in [2.45, 2.75) is 12.6 Å². The van der Waals surface area contributed by atoms with Crippen LogP contribution in [0, 0.1) is 0 Å². The first-order valence-electron chi connectivity index (χ1n) is 12.6. The minimum absolute atomic E-state index is 0.0292. The highest BCUT2D eigenvalue weighted by molar-refractivity contribution is 6.30. The van der Waals surface area contributed by atoms with Crippen molar-refractivity contribution in [1.82, 2.24) is 9.80 Å². The molecule has 2 N–H and O–H groups in total. The van der Waals surface area contributed by atoms with Crippen molar-refractivity contribution in [3.63, 3.8) is 0 Å². The van der Waals surface area contributed by atoms with Crippen molar-refractivity contribution in [3.05, 3.63) is 113 Å². The predicted octanol–water partition coefficient (Wildman–Crippen LogP) is 8.26. The van der Waals surface area contributed by atoms with Crippen LogP contribution < -0.4 is 5.32 Å². The van der Waals surface area contributed by atoms with Gasteiger partial charge in [0.2, 0.25) is 0 Å². The summed E-state index contributed by atoms with van der Waals surface area (Å²) in [5.41, 5.74) is 7.68. The zero-order valence-corrected chi connectivity index (χ0v) is 22.2. The molecule has 0 saturated carbocycles. The van der Waals surface area contributed by atoms with Gasteiger partial charge in [0.25, 0.3) is 5.91 Å². The largest absolute Gasteiger partial charge is 0.699 e. The molecule has 1 saturated heterocycles. The highest BCUT2D eigenvalue weighted by atomic mass is 35.5. The number of carbonyl (C=O) groups is 2. The van der Waals surface area contributed by atoms with Gasteiger partial charge in [-0.25, -0.2) is 4.79 Å². The summed E-state index contributed by atoms with van der Waals surface area (Å²) in [6, 6.07) is 24.7. The van der Waals surface area contributed by atoms with Crippen LogP contribution >= 0.6 is 11.6 Å². The van der Waals surface area contributed by atoms with Crippen LogP contribution in [0.3, 0.4) is 0 Å². The predicted molar refractivity (Wildman–Crippen MR) is 152 cm³/mol. The number of hydrogen-bond acceptors (Lipinski definition) is 2. The summed E-state index contributed by atoms with van der Waals surface area (Å²) in [6.07, 6.45) is -3.56. The molecule has 40 heavy (non-hydrogen) atoms. The van der Waals surface area contributed by atoms with E-state index in [0.29, 0.717) is 36.8 Å². The molecule has 0 bridgehead atoms. The molecule has 208 valence electrons. The summed E-state index contributed by atoms with van der Waals surface area (Å²) in [6.45, 7) is 2.25. The van der Waals surface area contributed by atoms with Crippen molar-refractivity contribution >= 4 is 45.7 Å². The first kappa shape index (κ1) is 28.8. The molecular weight excluding hydrogens is 541 g/mol. The lowest BCUT2D eigenvalue weighted by Gasteiger charge is -2.22. The number of amides is 3. The van der Waals surface area contributed by atoms with E-state index in [2.05, 4.69) is 5.32 Å². The molecule has 1 aliphatic rings. The molecule has 1 aliphatic heterocycles. The molecule has 0 unspecified atom stereocenters. The maximum Gasteiger partial charge on any atom is 0.416 e. The number of carbonyl (C=O) groups excluding carboxylic acids is 2. The minimum atomic E-state index is -4.30. The molecule has 0 aromatic heterocycles. The lowest BCUT2D eigenvalue weighted by atomic mass is 10.1. The van der Waals surface area contributed by atoms with Crippen molar-refractivity contribution in [2.24, 2.45) is 0 Å². The Bertz CT molecular complexity index is 1460. The molecule has 0 radical (unpaired) electrons. The van der Waals surface area contributed by atoms with Gasteiger partial charge in [0.1, 0.15) is 0 Å². The molecule has 4 aromatic rings. The van der Waals surface area contributed by atoms with Crippen LogP contribution in [0.25, 0.3) is 16.5 Å². The second-order valence-electron chi connectivity index (χ2n) is 9.21. The van der Waals surface area contributed by atoms with E-state index in [4.69, 9.17) is 17.3 Å². The van der Waals surface area contributed by atoms with Gasteiger partial charge in [-0.15, -0.1) is 5.69 Å². The van der Waals surface area contributed by atoms with Gasteiger partial charge in [-0.3, -0.25) is 4.79 Å². The number of alkyl halides is 3. The molecule has 10 heteroatoms. The SMILES string of the molecule is O=C(Nc1ccc2ccccc2c1)N1CCCN(C(=O)c2ccc(Cl)cc2)CC1.[NH-]c1ccc(C(F)(F)F)cc1. The number of nitrogens with one attached hydrogen (secondary N) is 2. The van der Waals surface area contributed by atoms with Crippen LogP contribution in [0.5, 0.6) is 0 Å². The minimum Gasteiger partial charge on any atom is -0.699 e. The summed E-state index contributed by atoms with van der Waals surface area (Å²) in [5.74, 6) is -0.0292. The summed E-state index contributed by atoms with van der Waals surface area (Å²) in [5, 5.41) is 5.81. The van der Waals surface area contributed by atoms with Gasteiger partial charge in [-0.2, -0.15) is 13.2 Å². The van der Waals surface area contributed by atoms with E-state index in [-0.39, 0.29) is 17.6 Å². The molecule has 3 amide bonds. The van der Waals surface area contributed by atoms with Crippen LogP contribution in [0.4, 0.5) is 29.3 Å². The van der Waals surface area contributed by atoms with Gasteiger partial charge < -0.3 is 20.9 Å². The Balaban J connectivity index is 0.000000283. The van der Waals surface area contributed by atoms with Crippen molar-refractivity contribution in [2.75, 3.05) is 31.5 Å². The fourth-order valence-corrected chi connectivity index (χ4v) is 4.35. The van der Waals surface area contributed by atoms with Crippen LogP contribution in [0.15, 0.2) is 91.0 Å². The molecule has 5 rings (SSSR count). The van der Waals surface area contributed by atoms with Crippen LogP contribution in [0.2, 0.25) is 5.02 Å². The van der Waals surface area contributed by atoms with E-state index in [1.807, 2.05) is 42.5 Å². The van der Waals surface area contributed by atoms with E-state index in [9.17, 15) is 22.8 Å². The number of hydrogen-bond donors (Lipinski definition) is 1. The first-order valence-corrected chi connectivity index (χ1v) is 13.0. The van der Waals surface area contributed by atoms with Gasteiger partial charge in [-0.1, -0.05) is 66.2 Å². The Hall–Kier alpha value is -4.24. The van der Waals surface area contributed by atoms with Crippen molar-refractivity contribution in [3.8, 4) is 0 Å². The maximum atomic E-state index is 12.7. The lowest BCUT2D eigenvalue weighted by Crippen LogP contribution is -2.39. The van der Waals surface area contributed by atoms with Gasteiger partial charge >= 0.3 is 12.2 Å². The van der Waals surface area contributed by atoms with Gasteiger partial charge in [0, 0.05) is 42.5 Å². The summed E-state index contributed by atoms with van der Waals surface area (Å²) < 4.78 is 35.6. The number of benzene rings is 4. The Labute approximate surface area is 235 Å². The molecule has 4 aromatic carbocycles. The highest BCUT2D eigenvalue weighted by Crippen LogP contribution is 2.30. The maximum absolute atomic E-state index is 12.7. The first-order chi connectivity index (χ1) is 19.1. The monoisotopic (exact) mass is 567 g/mol. The number of anilines is 1. The fourth-order valence-electron chi connectivity index (χ4n) is 4.23. The number of halogens is 4. The topological polar surface area (TPSA) is 76.5 Å². The second kappa shape index (κ2) is 12.7. The van der Waals surface area contributed by atoms with Crippen molar-refractivity contribution in [1.29, 1.82) is 0 Å². The summed E-state index contributed by atoms with van der Waals surface area (Å²) in [7, 11) is 0. The van der Waals surface area contributed by atoms with Gasteiger partial charge in [0.15, 0.2) is 0 Å². The molecule has 1 heterocycles. The van der Waals surface area contributed by atoms with Crippen LogP contribution in [-0.2, 0) is 6.18 Å². The average molecular weight is 568 g/mol.